The Labute approximate surface area is 176 Å². The Morgan fingerprint density at radius 3 is 2.48 bits per heavy atom. The smallest absolute Gasteiger partial charge is 0.410 e. The topological polar surface area (TPSA) is 49.8 Å². The molecule has 1 saturated heterocycles. The molecule has 0 spiro atoms. The van der Waals surface area contributed by atoms with Crippen LogP contribution in [-0.2, 0) is 4.74 Å². The van der Waals surface area contributed by atoms with Crippen LogP contribution in [0.15, 0.2) is 47.1 Å². The highest BCUT2D eigenvalue weighted by molar-refractivity contribution is 5.69. The Hall–Kier alpha value is -1.81. The molecule has 0 aromatic heterocycles. The molecule has 3 atom stereocenters. The van der Waals surface area contributed by atoms with Gasteiger partial charge in [0.15, 0.2) is 0 Å². The number of carbonyl (C=O) groups is 1. The normalized spacial score (nSPS) is 27.6. The fourth-order valence-electron chi connectivity index (χ4n) is 4.72. The summed E-state index contributed by atoms with van der Waals surface area (Å²) < 4.78 is 5.63. The van der Waals surface area contributed by atoms with Crippen molar-refractivity contribution in [1.29, 1.82) is 0 Å². The average Bonchev–Trinajstić information content (AvgIpc) is 2.92. The van der Waals surface area contributed by atoms with Gasteiger partial charge in [0, 0.05) is 19.0 Å². The van der Waals surface area contributed by atoms with E-state index in [0.717, 1.165) is 24.8 Å². The number of hydrogen-bond acceptors (Lipinski definition) is 3. The maximum Gasteiger partial charge on any atom is 0.410 e. The highest BCUT2D eigenvalue weighted by Gasteiger charge is 2.42. The predicted octanol–water partition coefficient (Wildman–Crippen LogP) is 5.41. The second-order valence-electron chi connectivity index (χ2n) is 10.9. The van der Waals surface area contributed by atoms with Crippen LogP contribution in [0.25, 0.3) is 0 Å². The molecule has 0 bridgehead atoms. The fourth-order valence-corrected chi connectivity index (χ4v) is 4.72. The number of rotatable bonds is 1. The molecule has 0 saturated carbocycles. The minimum absolute atomic E-state index is 0.129. The van der Waals surface area contributed by atoms with E-state index < -0.39 is 11.7 Å². The maximum absolute atomic E-state index is 12.7. The van der Waals surface area contributed by atoms with Gasteiger partial charge in [0.2, 0.25) is 0 Å². The SMILES string of the molecule is CC(C)(C)CC1=CC=CC=CC2=C1C(O)CCC1CN(C(=O)OC(C)(C)C)CC21. The van der Waals surface area contributed by atoms with Crippen LogP contribution in [0.2, 0.25) is 0 Å². The van der Waals surface area contributed by atoms with Crippen LogP contribution in [0, 0.1) is 17.3 Å². The van der Waals surface area contributed by atoms with E-state index in [0.29, 0.717) is 19.0 Å². The summed E-state index contributed by atoms with van der Waals surface area (Å²) in [5, 5.41) is 11.1. The van der Waals surface area contributed by atoms with Gasteiger partial charge in [-0.05, 0) is 68.1 Å². The molecule has 2 aliphatic carbocycles. The minimum Gasteiger partial charge on any atom is -0.444 e. The van der Waals surface area contributed by atoms with Gasteiger partial charge in [-0.25, -0.2) is 4.79 Å². The van der Waals surface area contributed by atoms with Crippen LogP contribution in [0.3, 0.4) is 0 Å². The lowest BCUT2D eigenvalue weighted by Gasteiger charge is -2.28. The largest absolute Gasteiger partial charge is 0.444 e. The molecule has 1 aliphatic heterocycles. The Balaban J connectivity index is 1.95. The number of carbonyl (C=O) groups excluding carboxylic acids is 1. The molecule has 0 radical (unpaired) electrons. The molecule has 1 fully saturated rings. The van der Waals surface area contributed by atoms with Crippen molar-refractivity contribution in [3.05, 3.63) is 47.1 Å². The number of aliphatic hydroxyl groups excluding tert-OH is 1. The van der Waals surface area contributed by atoms with Gasteiger partial charge >= 0.3 is 6.09 Å². The van der Waals surface area contributed by atoms with Crippen LogP contribution in [0.4, 0.5) is 4.79 Å². The Morgan fingerprint density at radius 1 is 1.10 bits per heavy atom. The van der Waals surface area contributed by atoms with E-state index in [2.05, 4.69) is 51.2 Å². The van der Waals surface area contributed by atoms with E-state index in [4.69, 9.17) is 4.74 Å². The van der Waals surface area contributed by atoms with Crippen LogP contribution >= 0.6 is 0 Å². The van der Waals surface area contributed by atoms with Crippen LogP contribution in [0.1, 0.15) is 60.8 Å². The molecule has 160 valence electrons. The first-order chi connectivity index (χ1) is 13.4. The van der Waals surface area contributed by atoms with Crippen molar-refractivity contribution in [1.82, 2.24) is 4.90 Å². The molecular formula is C25H37NO3. The van der Waals surface area contributed by atoms with Gasteiger partial charge in [-0.3, -0.25) is 0 Å². The summed E-state index contributed by atoms with van der Waals surface area (Å²) in [6.45, 7) is 13.8. The summed E-state index contributed by atoms with van der Waals surface area (Å²) in [6, 6.07) is 0. The molecule has 1 heterocycles. The number of ether oxygens (including phenoxy) is 1. The number of amides is 1. The number of fused-ring (bicyclic) bond motifs is 2. The van der Waals surface area contributed by atoms with Crippen LogP contribution in [0.5, 0.6) is 0 Å². The lowest BCUT2D eigenvalue weighted by molar-refractivity contribution is 0.0284. The number of hydrogen-bond donors (Lipinski definition) is 1. The Kier molecular flexibility index (Phi) is 6.14. The second-order valence-corrected chi connectivity index (χ2v) is 10.9. The summed E-state index contributed by atoms with van der Waals surface area (Å²) in [4.78, 5) is 14.5. The molecular weight excluding hydrogens is 362 g/mol. The van der Waals surface area contributed by atoms with Crippen molar-refractivity contribution in [3.8, 4) is 0 Å². The van der Waals surface area contributed by atoms with Crippen LogP contribution < -0.4 is 0 Å². The highest BCUT2D eigenvalue weighted by atomic mass is 16.6. The third-order valence-corrected chi connectivity index (χ3v) is 5.81. The monoisotopic (exact) mass is 399 g/mol. The fraction of sp³-hybridized carbons (Fsp3) is 0.640. The quantitative estimate of drug-likeness (QED) is 0.641. The number of likely N-dealkylation sites (tertiary alicyclic amines) is 1. The van der Waals surface area contributed by atoms with E-state index in [9.17, 15) is 9.90 Å². The molecule has 0 aromatic rings. The second kappa shape index (κ2) is 8.14. The Morgan fingerprint density at radius 2 is 1.83 bits per heavy atom. The average molecular weight is 400 g/mol. The lowest BCUT2D eigenvalue weighted by Crippen LogP contribution is -2.35. The summed E-state index contributed by atoms with van der Waals surface area (Å²) >= 11 is 0. The molecule has 4 heteroatoms. The summed E-state index contributed by atoms with van der Waals surface area (Å²) in [6.07, 6.45) is 12.4. The molecule has 3 rings (SSSR count). The van der Waals surface area contributed by atoms with Crippen molar-refractivity contribution in [3.63, 3.8) is 0 Å². The van der Waals surface area contributed by atoms with Crippen molar-refractivity contribution in [2.45, 2.75) is 72.5 Å². The zero-order chi connectivity index (χ0) is 21.4. The Bertz CT molecular complexity index is 758. The molecule has 3 unspecified atom stereocenters. The summed E-state index contributed by atoms with van der Waals surface area (Å²) in [5.74, 6) is 0.592. The minimum atomic E-state index is -0.490. The van der Waals surface area contributed by atoms with E-state index in [-0.39, 0.29) is 17.4 Å². The number of aliphatic hydroxyl groups is 1. The number of allylic oxidation sites excluding steroid dienone is 5. The van der Waals surface area contributed by atoms with Crippen molar-refractivity contribution in [2.75, 3.05) is 13.1 Å². The van der Waals surface area contributed by atoms with Gasteiger partial charge in [0.25, 0.3) is 0 Å². The summed E-state index contributed by atoms with van der Waals surface area (Å²) in [7, 11) is 0. The summed E-state index contributed by atoms with van der Waals surface area (Å²) in [5.41, 5.74) is 3.14. The first-order valence-electron chi connectivity index (χ1n) is 10.9. The van der Waals surface area contributed by atoms with Gasteiger partial charge in [0.05, 0.1) is 6.10 Å². The molecule has 1 amide bonds. The van der Waals surface area contributed by atoms with Gasteiger partial charge in [0.1, 0.15) is 5.60 Å². The first-order valence-corrected chi connectivity index (χ1v) is 10.9. The zero-order valence-corrected chi connectivity index (χ0v) is 18.9. The van der Waals surface area contributed by atoms with E-state index in [1.165, 1.54) is 11.1 Å². The van der Waals surface area contributed by atoms with Crippen molar-refractivity contribution < 1.29 is 14.6 Å². The maximum atomic E-state index is 12.7. The zero-order valence-electron chi connectivity index (χ0n) is 18.9. The van der Waals surface area contributed by atoms with Gasteiger partial charge in [-0.15, -0.1) is 0 Å². The van der Waals surface area contributed by atoms with Crippen molar-refractivity contribution in [2.24, 2.45) is 17.3 Å². The lowest BCUT2D eigenvalue weighted by atomic mass is 9.79. The third kappa shape index (κ3) is 5.42. The van der Waals surface area contributed by atoms with E-state index in [1.807, 2.05) is 25.7 Å². The van der Waals surface area contributed by atoms with E-state index in [1.54, 1.807) is 0 Å². The molecule has 29 heavy (non-hydrogen) atoms. The van der Waals surface area contributed by atoms with Crippen molar-refractivity contribution >= 4 is 6.09 Å². The van der Waals surface area contributed by atoms with E-state index >= 15 is 0 Å². The van der Waals surface area contributed by atoms with Gasteiger partial charge in [-0.1, -0.05) is 51.2 Å². The molecule has 4 nitrogen and oxygen atoms in total. The van der Waals surface area contributed by atoms with Crippen LogP contribution in [-0.4, -0.2) is 40.9 Å². The van der Waals surface area contributed by atoms with Gasteiger partial charge < -0.3 is 14.7 Å². The molecule has 3 aliphatic rings. The highest BCUT2D eigenvalue weighted by Crippen LogP contribution is 2.44. The van der Waals surface area contributed by atoms with Gasteiger partial charge in [-0.2, -0.15) is 0 Å². The molecule has 0 aromatic carbocycles. The third-order valence-electron chi connectivity index (χ3n) is 5.81. The standard InChI is InChI=1S/C25H37NO3/c1-24(2,3)14-17-10-8-7-9-11-19-20-16-26(23(28)29-25(4,5)6)15-18(20)12-13-21(27)22(17)19/h7-11,18,20-21,27H,12-16H2,1-6H3. The number of nitrogens with zero attached hydrogens (tertiary/aromatic N) is 1. The predicted molar refractivity (Wildman–Crippen MR) is 117 cm³/mol. The molecule has 1 N–H and O–H groups in total. The first kappa shape index (κ1) is 21.9.